The van der Waals surface area contributed by atoms with Gasteiger partial charge in [-0.15, -0.1) is 0 Å². The van der Waals surface area contributed by atoms with Crippen molar-refractivity contribution in [3.05, 3.63) is 35.4 Å². The summed E-state index contributed by atoms with van der Waals surface area (Å²) < 4.78 is 0. The lowest BCUT2D eigenvalue weighted by atomic mass is 10.1. The number of aryl methyl sites for hydroxylation is 1. The molecular weight excluding hydrogens is 224 g/mol. The van der Waals surface area contributed by atoms with Crippen LogP contribution in [0.25, 0.3) is 0 Å². The Kier molecular flexibility index (Phi) is 4.37. The van der Waals surface area contributed by atoms with Crippen LogP contribution in [0.3, 0.4) is 0 Å². The van der Waals surface area contributed by atoms with Crippen LogP contribution < -0.4 is 11.1 Å². The number of carbonyl (C=O) groups excluding carboxylic acids is 1. The lowest BCUT2D eigenvalue weighted by Gasteiger charge is -2.16. The quantitative estimate of drug-likeness (QED) is 0.807. The van der Waals surface area contributed by atoms with Gasteiger partial charge >= 0.3 is 0 Å². The summed E-state index contributed by atoms with van der Waals surface area (Å²) in [5.74, 6) is 0.596. The van der Waals surface area contributed by atoms with Gasteiger partial charge in [0, 0.05) is 18.2 Å². The number of nitrogens with one attached hydrogen (secondary N) is 1. The first-order valence-electron chi connectivity index (χ1n) is 6.84. The number of rotatable bonds is 6. The molecule has 1 aliphatic carbocycles. The molecule has 0 spiro atoms. The smallest absolute Gasteiger partial charge is 0.251 e. The van der Waals surface area contributed by atoms with Gasteiger partial charge in [0.25, 0.3) is 5.91 Å². The number of amides is 1. The van der Waals surface area contributed by atoms with Crippen molar-refractivity contribution in [2.24, 2.45) is 11.7 Å². The minimum Gasteiger partial charge on any atom is -0.348 e. The molecule has 1 aromatic rings. The molecule has 0 radical (unpaired) electrons. The maximum Gasteiger partial charge on any atom is 0.251 e. The highest BCUT2D eigenvalue weighted by Crippen LogP contribution is 2.32. The van der Waals surface area contributed by atoms with E-state index in [9.17, 15) is 4.79 Å². The summed E-state index contributed by atoms with van der Waals surface area (Å²) in [6.07, 6.45) is 4.58. The number of hydrogen-bond acceptors (Lipinski definition) is 2. The van der Waals surface area contributed by atoms with E-state index in [1.165, 1.54) is 18.4 Å². The molecule has 0 bridgehead atoms. The fourth-order valence-corrected chi connectivity index (χ4v) is 2.23. The zero-order chi connectivity index (χ0) is 13.0. The molecule has 1 fully saturated rings. The molecule has 3 N–H and O–H groups in total. The first-order valence-corrected chi connectivity index (χ1v) is 6.84. The van der Waals surface area contributed by atoms with Crippen molar-refractivity contribution in [3.63, 3.8) is 0 Å². The lowest BCUT2D eigenvalue weighted by Crippen LogP contribution is -2.41. The number of carbonyl (C=O) groups is 1. The highest BCUT2D eigenvalue weighted by Gasteiger charge is 2.31. The van der Waals surface area contributed by atoms with Gasteiger partial charge in [-0.05, 0) is 42.9 Å². The third-order valence-corrected chi connectivity index (χ3v) is 3.52. The number of nitrogens with two attached hydrogens (primary N) is 1. The predicted molar refractivity (Wildman–Crippen MR) is 73.5 cm³/mol. The molecule has 0 aromatic heterocycles. The summed E-state index contributed by atoms with van der Waals surface area (Å²) in [6, 6.07) is 8.02. The second-order valence-electron chi connectivity index (χ2n) is 5.10. The van der Waals surface area contributed by atoms with Gasteiger partial charge in [0.15, 0.2) is 0 Å². The first-order chi connectivity index (χ1) is 8.74. The van der Waals surface area contributed by atoms with E-state index < -0.39 is 0 Å². The van der Waals surface area contributed by atoms with Crippen LogP contribution in [0.2, 0.25) is 0 Å². The normalized spacial score (nSPS) is 16.3. The zero-order valence-corrected chi connectivity index (χ0v) is 11.0. The van der Waals surface area contributed by atoms with Crippen LogP contribution in [0.4, 0.5) is 0 Å². The van der Waals surface area contributed by atoms with Crippen LogP contribution in [0.5, 0.6) is 0 Å². The Labute approximate surface area is 109 Å². The maximum absolute atomic E-state index is 12.0. The van der Waals surface area contributed by atoms with Crippen LogP contribution in [-0.2, 0) is 6.42 Å². The van der Waals surface area contributed by atoms with E-state index in [2.05, 4.69) is 12.2 Å². The van der Waals surface area contributed by atoms with Crippen molar-refractivity contribution in [2.45, 2.75) is 38.6 Å². The van der Waals surface area contributed by atoms with Crippen molar-refractivity contribution in [3.8, 4) is 0 Å². The average Bonchev–Trinajstić information content (AvgIpc) is 3.21. The van der Waals surface area contributed by atoms with E-state index in [0.717, 1.165) is 18.4 Å². The van der Waals surface area contributed by atoms with Crippen molar-refractivity contribution < 1.29 is 4.79 Å². The van der Waals surface area contributed by atoms with Crippen molar-refractivity contribution in [2.75, 3.05) is 6.54 Å². The molecule has 3 nitrogen and oxygen atoms in total. The molecule has 0 heterocycles. The van der Waals surface area contributed by atoms with Gasteiger partial charge in [0.05, 0.1) is 0 Å². The van der Waals surface area contributed by atoms with E-state index in [0.29, 0.717) is 12.5 Å². The van der Waals surface area contributed by atoms with Gasteiger partial charge in [0.2, 0.25) is 0 Å². The molecule has 1 saturated carbocycles. The summed E-state index contributed by atoms with van der Waals surface area (Å²) in [6.45, 7) is 2.69. The van der Waals surface area contributed by atoms with E-state index in [4.69, 9.17) is 5.73 Å². The largest absolute Gasteiger partial charge is 0.348 e. The SMILES string of the molecule is CCCc1ccc(C(=O)NC(CN)C2CC2)cc1. The third kappa shape index (κ3) is 3.33. The standard InChI is InChI=1S/C15H22N2O/c1-2-3-11-4-6-13(7-5-11)15(18)17-14(10-16)12-8-9-12/h4-7,12,14H,2-3,8-10,16H2,1H3,(H,17,18). The van der Waals surface area contributed by atoms with Gasteiger partial charge < -0.3 is 11.1 Å². The fourth-order valence-electron chi connectivity index (χ4n) is 2.23. The van der Waals surface area contributed by atoms with Gasteiger partial charge in [-0.25, -0.2) is 0 Å². The Hall–Kier alpha value is -1.35. The summed E-state index contributed by atoms with van der Waals surface area (Å²) in [5.41, 5.74) is 7.70. The second-order valence-corrected chi connectivity index (χ2v) is 5.10. The van der Waals surface area contributed by atoms with E-state index in [-0.39, 0.29) is 11.9 Å². The summed E-state index contributed by atoms with van der Waals surface area (Å²) >= 11 is 0. The van der Waals surface area contributed by atoms with Gasteiger partial charge in [-0.1, -0.05) is 25.5 Å². The third-order valence-electron chi connectivity index (χ3n) is 3.52. The molecule has 18 heavy (non-hydrogen) atoms. The van der Waals surface area contributed by atoms with Gasteiger partial charge in [-0.3, -0.25) is 4.79 Å². The lowest BCUT2D eigenvalue weighted by molar-refractivity contribution is 0.0933. The monoisotopic (exact) mass is 246 g/mol. The Balaban J connectivity index is 1.95. The van der Waals surface area contributed by atoms with Crippen molar-refractivity contribution in [1.82, 2.24) is 5.32 Å². The molecule has 0 aliphatic heterocycles. The second kappa shape index (κ2) is 6.01. The molecule has 3 heteroatoms. The molecule has 2 rings (SSSR count). The van der Waals surface area contributed by atoms with Crippen LogP contribution >= 0.6 is 0 Å². The summed E-state index contributed by atoms with van der Waals surface area (Å²) in [4.78, 5) is 12.0. The summed E-state index contributed by atoms with van der Waals surface area (Å²) in [7, 11) is 0. The average molecular weight is 246 g/mol. The summed E-state index contributed by atoms with van der Waals surface area (Å²) in [5, 5.41) is 3.03. The maximum atomic E-state index is 12.0. The van der Waals surface area contributed by atoms with Crippen molar-refractivity contribution in [1.29, 1.82) is 0 Å². The first kappa shape index (κ1) is 13.1. The molecule has 0 saturated heterocycles. The Bertz CT molecular complexity index is 395. The van der Waals surface area contributed by atoms with Gasteiger partial charge in [0.1, 0.15) is 0 Å². The molecule has 1 atom stereocenters. The molecule has 1 amide bonds. The van der Waals surface area contributed by atoms with Crippen LogP contribution in [-0.4, -0.2) is 18.5 Å². The fraction of sp³-hybridized carbons (Fsp3) is 0.533. The zero-order valence-electron chi connectivity index (χ0n) is 11.0. The van der Waals surface area contributed by atoms with E-state index in [1.807, 2.05) is 24.3 Å². The topological polar surface area (TPSA) is 55.1 Å². The molecule has 98 valence electrons. The molecular formula is C15H22N2O. The molecule has 1 aromatic carbocycles. The predicted octanol–water partition coefficient (Wildman–Crippen LogP) is 2.11. The highest BCUT2D eigenvalue weighted by atomic mass is 16.1. The minimum absolute atomic E-state index is 0.000369. The van der Waals surface area contributed by atoms with E-state index >= 15 is 0 Å². The Morgan fingerprint density at radius 1 is 1.39 bits per heavy atom. The Morgan fingerprint density at radius 3 is 2.56 bits per heavy atom. The molecule has 1 aliphatic rings. The highest BCUT2D eigenvalue weighted by molar-refractivity contribution is 5.94. The van der Waals surface area contributed by atoms with Crippen LogP contribution in [0, 0.1) is 5.92 Å². The van der Waals surface area contributed by atoms with Gasteiger partial charge in [-0.2, -0.15) is 0 Å². The number of benzene rings is 1. The van der Waals surface area contributed by atoms with Crippen LogP contribution in [0.15, 0.2) is 24.3 Å². The van der Waals surface area contributed by atoms with E-state index in [1.54, 1.807) is 0 Å². The van der Waals surface area contributed by atoms with Crippen LogP contribution in [0.1, 0.15) is 42.1 Å². The number of hydrogen-bond donors (Lipinski definition) is 2. The van der Waals surface area contributed by atoms with Crippen molar-refractivity contribution >= 4 is 5.91 Å². The molecule has 1 unspecified atom stereocenters. The minimum atomic E-state index is 0.000369. The Morgan fingerprint density at radius 2 is 2.06 bits per heavy atom.